The number of phenols is 1. The summed E-state index contributed by atoms with van der Waals surface area (Å²) >= 11 is 0. The molecule has 1 N–H and O–H groups in total. The molecule has 4 rings (SSSR count). The molecule has 0 saturated heterocycles. The topological polar surface area (TPSA) is 55.8 Å². The first-order chi connectivity index (χ1) is 21.3. The van der Waals surface area contributed by atoms with E-state index in [1.54, 1.807) is 0 Å². The Labute approximate surface area is 292 Å². The van der Waals surface area contributed by atoms with Crippen LogP contribution in [-0.2, 0) is 43.2 Å². The predicted octanol–water partition coefficient (Wildman–Crippen LogP) is 13.0. The first-order valence-corrected chi connectivity index (χ1v) is 19.3. The molecule has 48 heavy (non-hydrogen) atoms. The normalized spacial score (nSPS) is 15.6. The van der Waals surface area contributed by atoms with Crippen LogP contribution in [0.5, 0.6) is 17.2 Å². The number of hydrogen-bond donors (Lipinski definition) is 1. The Morgan fingerprint density at radius 1 is 0.479 bits per heavy atom. The molecule has 0 aliphatic carbocycles. The number of hydrogen-bond acceptors (Lipinski definition) is 4. The van der Waals surface area contributed by atoms with Crippen molar-refractivity contribution in [3.8, 4) is 28.4 Å². The van der Waals surface area contributed by atoms with Crippen molar-refractivity contribution in [2.45, 2.75) is 163 Å². The summed E-state index contributed by atoms with van der Waals surface area (Å²) in [6, 6.07) is 12.9. The monoisotopic (exact) mass is 674 g/mol. The Kier molecular flexibility index (Phi) is 9.27. The van der Waals surface area contributed by atoms with Crippen molar-refractivity contribution in [2.75, 3.05) is 0 Å². The number of aromatic hydroxyl groups is 1. The van der Waals surface area contributed by atoms with Gasteiger partial charge in [-0.2, -0.15) is 0 Å². The molecule has 5 heteroatoms. The van der Waals surface area contributed by atoms with E-state index in [0.29, 0.717) is 17.2 Å². The molecule has 0 spiro atoms. The summed E-state index contributed by atoms with van der Waals surface area (Å²) in [5.41, 5.74) is 7.22. The molecule has 1 aliphatic heterocycles. The molecule has 3 aromatic rings. The van der Waals surface area contributed by atoms with Gasteiger partial charge in [0.15, 0.2) is 0 Å². The van der Waals surface area contributed by atoms with Gasteiger partial charge in [-0.3, -0.25) is 0 Å². The lowest BCUT2D eigenvalue weighted by atomic mass is 9.75. The standard InChI is InChI=1S/C43H63O4P/c1-38(2,3)27-21-29-30-22-28(39(4,5)6)24-34(43(16,17)18)37(30)47-48(45,46-36(29)33(23-27)42(13,14)15)25-26-19-31(40(7,8)9)35(44)32(20-26)41(10,11)12/h19-24,44H,25H2,1-18H3. The molecule has 1 heterocycles. The zero-order valence-corrected chi connectivity index (χ0v) is 34.2. The molecule has 264 valence electrons. The van der Waals surface area contributed by atoms with E-state index < -0.39 is 7.60 Å². The van der Waals surface area contributed by atoms with Crippen LogP contribution in [-0.4, -0.2) is 5.11 Å². The molecule has 0 saturated carbocycles. The van der Waals surface area contributed by atoms with Crippen LogP contribution in [0.3, 0.4) is 0 Å². The van der Waals surface area contributed by atoms with Gasteiger partial charge in [-0.05, 0) is 72.4 Å². The van der Waals surface area contributed by atoms with Gasteiger partial charge in [0.05, 0.1) is 6.16 Å². The maximum absolute atomic E-state index is 15.6. The Hall–Kier alpha value is -2.71. The van der Waals surface area contributed by atoms with Gasteiger partial charge < -0.3 is 14.2 Å². The third kappa shape index (κ3) is 7.70. The number of rotatable bonds is 2. The largest absolute Gasteiger partial charge is 0.507 e. The molecule has 0 unspecified atom stereocenters. The SMILES string of the molecule is CC(C)(C)c1cc2c(c(C(C)(C)C)c1)OP(=O)(Cc1cc(C(C)(C)C)c(O)c(C(C)(C)C)c1)Oc1c-2cc(C(C)(C)C)cc1C(C)(C)C. The van der Waals surface area contributed by atoms with E-state index in [4.69, 9.17) is 9.05 Å². The third-order valence-electron chi connectivity index (χ3n) is 9.44. The maximum Gasteiger partial charge on any atom is 0.435 e. The second-order valence-electron chi connectivity index (χ2n) is 20.3. The first kappa shape index (κ1) is 38.1. The molecule has 0 atom stereocenters. The highest BCUT2D eigenvalue weighted by Crippen LogP contribution is 2.62. The van der Waals surface area contributed by atoms with Crippen LogP contribution < -0.4 is 9.05 Å². The van der Waals surface area contributed by atoms with Crippen molar-refractivity contribution in [1.82, 2.24) is 0 Å². The molecule has 4 nitrogen and oxygen atoms in total. The molecule has 0 aromatic heterocycles. The number of phenolic OH excluding ortho intramolecular Hbond substituents is 1. The van der Waals surface area contributed by atoms with E-state index in [0.717, 1.165) is 38.9 Å². The van der Waals surface area contributed by atoms with Crippen molar-refractivity contribution in [1.29, 1.82) is 0 Å². The summed E-state index contributed by atoms with van der Waals surface area (Å²) in [6.45, 7) is 39.1. The van der Waals surface area contributed by atoms with Crippen molar-refractivity contribution in [3.63, 3.8) is 0 Å². The van der Waals surface area contributed by atoms with E-state index in [1.165, 1.54) is 11.1 Å². The molecule has 1 aliphatic rings. The van der Waals surface area contributed by atoms with Gasteiger partial charge in [-0.25, -0.2) is 4.57 Å². The number of benzene rings is 3. The van der Waals surface area contributed by atoms with Crippen molar-refractivity contribution in [3.05, 3.63) is 75.3 Å². The lowest BCUT2D eigenvalue weighted by Crippen LogP contribution is -2.19. The minimum absolute atomic E-state index is 0.0630. The molecule has 0 bridgehead atoms. The average Bonchev–Trinajstić information content (AvgIpc) is 2.98. The lowest BCUT2D eigenvalue weighted by molar-refractivity contribution is 0.379. The molecule has 0 amide bonds. The highest BCUT2D eigenvalue weighted by atomic mass is 31.2. The van der Waals surface area contributed by atoms with Gasteiger partial charge in [-0.1, -0.05) is 149 Å². The van der Waals surface area contributed by atoms with Crippen LogP contribution in [0.15, 0.2) is 36.4 Å². The smallest absolute Gasteiger partial charge is 0.435 e. The van der Waals surface area contributed by atoms with Gasteiger partial charge >= 0.3 is 7.60 Å². The van der Waals surface area contributed by atoms with E-state index in [-0.39, 0.29) is 38.7 Å². The minimum atomic E-state index is -3.89. The fourth-order valence-corrected chi connectivity index (χ4v) is 8.09. The van der Waals surface area contributed by atoms with Crippen molar-refractivity contribution >= 4 is 7.60 Å². The third-order valence-corrected chi connectivity index (χ3v) is 11.1. The maximum atomic E-state index is 15.6. The predicted molar refractivity (Wildman–Crippen MR) is 205 cm³/mol. The van der Waals surface area contributed by atoms with Crippen LogP contribution in [0.2, 0.25) is 0 Å². The summed E-state index contributed by atoms with van der Waals surface area (Å²) < 4.78 is 29.4. The Morgan fingerprint density at radius 3 is 1.06 bits per heavy atom. The van der Waals surface area contributed by atoms with Crippen LogP contribution in [0, 0.1) is 0 Å². The Bertz CT molecular complexity index is 1650. The summed E-state index contributed by atoms with van der Waals surface area (Å²) in [7, 11) is -3.89. The number of fused-ring (bicyclic) bond motifs is 3. The van der Waals surface area contributed by atoms with Gasteiger partial charge in [0.1, 0.15) is 17.2 Å². The van der Waals surface area contributed by atoms with Crippen molar-refractivity contribution in [2.24, 2.45) is 0 Å². The van der Waals surface area contributed by atoms with Crippen molar-refractivity contribution < 1.29 is 18.7 Å². The summed E-state index contributed by atoms with van der Waals surface area (Å²) in [5.74, 6) is 1.56. The fourth-order valence-electron chi connectivity index (χ4n) is 6.35. The zero-order chi connectivity index (χ0) is 36.8. The first-order valence-electron chi connectivity index (χ1n) is 17.6. The second kappa shape index (κ2) is 11.7. The van der Waals surface area contributed by atoms with Gasteiger partial charge in [-0.15, -0.1) is 0 Å². The molecule has 0 radical (unpaired) electrons. The second-order valence-corrected chi connectivity index (χ2v) is 22.2. The zero-order valence-electron chi connectivity index (χ0n) is 33.3. The molecular weight excluding hydrogens is 611 g/mol. The van der Waals surface area contributed by atoms with Crippen LogP contribution in [0.4, 0.5) is 0 Å². The summed E-state index contributed by atoms with van der Waals surface area (Å²) in [5, 5.41) is 11.5. The van der Waals surface area contributed by atoms with E-state index in [9.17, 15) is 5.11 Å². The van der Waals surface area contributed by atoms with E-state index in [1.807, 2.05) is 12.1 Å². The molecule has 0 fully saturated rings. The summed E-state index contributed by atoms with van der Waals surface area (Å²) in [4.78, 5) is 0. The van der Waals surface area contributed by atoms with E-state index in [2.05, 4.69) is 149 Å². The Morgan fingerprint density at radius 2 is 0.792 bits per heavy atom. The van der Waals surface area contributed by atoms with Gasteiger partial charge in [0.25, 0.3) is 0 Å². The van der Waals surface area contributed by atoms with Crippen LogP contribution in [0.25, 0.3) is 11.1 Å². The van der Waals surface area contributed by atoms with Gasteiger partial charge in [0.2, 0.25) is 0 Å². The fraction of sp³-hybridized carbons (Fsp3) is 0.581. The highest BCUT2D eigenvalue weighted by Gasteiger charge is 2.41. The van der Waals surface area contributed by atoms with Crippen LogP contribution >= 0.6 is 7.60 Å². The summed E-state index contributed by atoms with van der Waals surface area (Å²) in [6.07, 6.45) is 0.0630. The lowest BCUT2D eigenvalue weighted by Gasteiger charge is -2.30. The molecular formula is C43H63O4P. The highest BCUT2D eigenvalue weighted by molar-refractivity contribution is 7.53. The quantitative estimate of drug-likeness (QED) is 0.275. The average molecular weight is 675 g/mol. The van der Waals surface area contributed by atoms with E-state index >= 15 is 4.57 Å². The van der Waals surface area contributed by atoms with Gasteiger partial charge in [0, 0.05) is 22.3 Å². The Balaban J connectivity index is 2.16. The van der Waals surface area contributed by atoms with Crippen LogP contribution in [0.1, 0.15) is 164 Å². The molecule has 3 aromatic carbocycles. The minimum Gasteiger partial charge on any atom is -0.507 e.